The van der Waals surface area contributed by atoms with Crippen molar-refractivity contribution in [3.63, 3.8) is 0 Å². The van der Waals surface area contributed by atoms with Gasteiger partial charge in [-0.3, -0.25) is 24.1 Å². The molecule has 16 heteroatoms. The van der Waals surface area contributed by atoms with Gasteiger partial charge in [0.2, 0.25) is 27.7 Å². The zero-order chi connectivity index (χ0) is 38.3. The maximum Gasteiger partial charge on any atom is 0.318 e. The molecule has 2 aromatic rings. The minimum Gasteiger partial charge on any atom is -0.472 e. The lowest BCUT2D eigenvalue weighted by atomic mass is 9.96. The van der Waals surface area contributed by atoms with Crippen LogP contribution in [0.3, 0.4) is 0 Å². The fourth-order valence-electron chi connectivity index (χ4n) is 8.55. The molecule has 5 amide bonds. The van der Waals surface area contributed by atoms with Crippen LogP contribution in [0.1, 0.15) is 76.2 Å². The van der Waals surface area contributed by atoms with Gasteiger partial charge in [0, 0.05) is 43.8 Å². The second kappa shape index (κ2) is 15.2. The van der Waals surface area contributed by atoms with Gasteiger partial charge in [0.25, 0.3) is 5.91 Å². The zero-order valence-corrected chi connectivity index (χ0v) is 31.7. The van der Waals surface area contributed by atoms with Gasteiger partial charge >= 0.3 is 6.03 Å². The molecule has 0 radical (unpaired) electrons. The Balaban J connectivity index is 1.12. The van der Waals surface area contributed by atoms with Crippen LogP contribution in [0.4, 0.5) is 4.79 Å². The highest BCUT2D eigenvalue weighted by atomic mass is 32.2. The number of hydrogen-bond donors (Lipinski definition) is 3. The normalized spacial score (nSPS) is 31.0. The third-order valence-corrected chi connectivity index (χ3v) is 13.8. The van der Waals surface area contributed by atoms with E-state index in [1.807, 2.05) is 24.3 Å². The molecule has 55 heavy (non-hydrogen) atoms. The summed E-state index contributed by atoms with van der Waals surface area (Å²) in [7, 11) is -3.89. The Kier molecular flexibility index (Phi) is 10.3. The number of rotatable bonds is 7. The van der Waals surface area contributed by atoms with Crippen LogP contribution in [-0.2, 0) is 29.1 Å². The quantitative estimate of drug-likeness (QED) is 0.353. The summed E-state index contributed by atoms with van der Waals surface area (Å²) in [5, 5.41) is 5.29. The van der Waals surface area contributed by atoms with Crippen LogP contribution < -0.4 is 20.1 Å². The number of urea groups is 1. The highest BCUT2D eigenvalue weighted by molar-refractivity contribution is 7.91. The third kappa shape index (κ3) is 7.80. The Morgan fingerprint density at radius 3 is 2.64 bits per heavy atom. The van der Waals surface area contributed by atoms with Gasteiger partial charge in [-0.05, 0) is 75.5 Å². The molecular formula is C39H49N7O8S. The average Bonchev–Trinajstić information content (AvgIpc) is 3.94. The van der Waals surface area contributed by atoms with E-state index in [2.05, 4.69) is 26.9 Å². The molecule has 5 heterocycles. The van der Waals surface area contributed by atoms with Crippen molar-refractivity contribution in [2.75, 3.05) is 26.2 Å². The predicted octanol–water partition coefficient (Wildman–Crippen LogP) is 2.81. The van der Waals surface area contributed by atoms with Gasteiger partial charge in [-0.2, -0.15) is 0 Å². The summed E-state index contributed by atoms with van der Waals surface area (Å²) < 4.78 is 40.5. The Bertz CT molecular complexity index is 2000. The molecule has 1 unspecified atom stereocenters. The van der Waals surface area contributed by atoms with Crippen LogP contribution in [0.2, 0.25) is 0 Å². The Morgan fingerprint density at radius 1 is 1.05 bits per heavy atom. The first-order valence-corrected chi connectivity index (χ1v) is 21.2. The number of carbonyl (C=O) groups excluding carboxylic acids is 4. The Hall–Kier alpha value is -4.57. The van der Waals surface area contributed by atoms with E-state index in [0.29, 0.717) is 61.4 Å². The zero-order valence-electron chi connectivity index (χ0n) is 30.9. The molecule has 4 bridgehead atoms. The number of sulfonamides is 1. The van der Waals surface area contributed by atoms with Crippen LogP contribution in [0.5, 0.6) is 5.88 Å². The van der Waals surface area contributed by atoms with E-state index in [9.17, 15) is 27.6 Å². The highest BCUT2D eigenvalue weighted by Gasteiger charge is 2.62. The SMILES string of the molecule is C=CC1C[C@]1(NC(=O)[C@@H]1C[C@@H]2CN1C(=O)[C@H](C1CCCC1)NC(=O)N1CC[C@@H](C1)OCCC/C=C/c1cc3ncccc3nc1O2)C(=O)NS(=O)(=O)C1CC1. The van der Waals surface area contributed by atoms with Crippen molar-refractivity contribution in [3.05, 3.63) is 48.7 Å². The second-order valence-electron chi connectivity index (χ2n) is 15.8. The lowest BCUT2D eigenvalue weighted by molar-refractivity contribution is -0.142. The van der Waals surface area contributed by atoms with Crippen LogP contribution in [0.15, 0.2) is 43.1 Å². The number of nitrogens with one attached hydrogen (secondary N) is 3. The van der Waals surface area contributed by atoms with Gasteiger partial charge in [0.05, 0.1) is 28.9 Å². The van der Waals surface area contributed by atoms with E-state index in [1.54, 1.807) is 17.2 Å². The molecule has 0 spiro atoms. The van der Waals surface area contributed by atoms with Gasteiger partial charge in [-0.25, -0.2) is 18.2 Å². The summed E-state index contributed by atoms with van der Waals surface area (Å²) in [5.41, 5.74) is 0.468. The van der Waals surface area contributed by atoms with Crippen LogP contribution >= 0.6 is 0 Å². The fourth-order valence-corrected chi connectivity index (χ4v) is 9.91. The summed E-state index contributed by atoms with van der Waals surface area (Å²) in [6.45, 7) is 5.29. The summed E-state index contributed by atoms with van der Waals surface area (Å²) in [6, 6.07) is 3.19. The molecule has 6 atom stereocenters. The molecule has 3 saturated carbocycles. The Labute approximate surface area is 320 Å². The highest BCUT2D eigenvalue weighted by Crippen LogP contribution is 2.45. The molecule has 2 saturated heterocycles. The van der Waals surface area contributed by atoms with Gasteiger partial charge in [-0.15, -0.1) is 6.58 Å². The number of carbonyl (C=O) groups is 4. The summed E-state index contributed by atoms with van der Waals surface area (Å²) in [4.78, 5) is 69.1. The Morgan fingerprint density at radius 2 is 1.87 bits per heavy atom. The molecule has 3 aliphatic heterocycles. The third-order valence-electron chi connectivity index (χ3n) is 12.0. The van der Waals surface area contributed by atoms with Gasteiger partial charge < -0.3 is 29.9 Å². The number of hydrogen-bond acceptors (Lipinski definition) is 10. The largest absolute Gasteiger partial charge is 0.472 e. The van der Waals surface area contributed by atoms with E-state index in [-0.39, 0.29) is 37.4 Å². The predicted molar refractivity (Wildman–Crippen MR) is 202 cm³/mol. The van der Waals surface area contributed by atoms with Crippen molar-refractivity contribution < 1.29 is 37.1 Å². The lowest BCUT2D eigenvalue weighted by Gasteiger charge is -2.33. The molecule has 5 fully saturated rings. The van der Waals surface area contributed by atoms with E-state index in [4.69, 9.17) is 14.5 Å². The number of fused-ring (bicyclic) bond motifs is 6. The average molecular weight is 776 g/mol. The number of nitrogens with zero attached hydrogens (tertiary/aromatic N) is 4. The van der Waals surface area contributed by atoms with Crippen LogP contribution in [-0.4, -0.2) is 113 Å². The van der Waals surface area contributed by atoms with Gasteiger partial charge in [-0.1, -0.05) is 31.1 Å². The molecule has 0 aromatic carbocycles. The maximum absolute atomic E-state index is 14.8. The van der Waals surface area contributed by atoms with Crippen molar-refractivity contribution in [1.82, 2.24) is 35.1 Å². The molecule has 15 nitrogen and oxygen atoms in total. The van der Waals surface area contributed by atoms with Crippen LogP contribution in [0, 0.1) is 11.8 Å². The molecule has 2 aromatic heterocycles. The first-order valence-electron chi connectivity index (χ1n) is 19.6. The van der Waals surface area contributed by atoms with Crippen molar-refractivity contribution in [2.24, 2.45) is 11.8 Å². The first-order chi connectivity index (χ1) is 26.5. The van der Waals surface area contributed by atoms with E-state index < -0.39 is 62.6 Å². The smallest absolute Gasteiger partial charge is 0.318 e. The number of allylic oxidation sites excluding steroid dienone is 1. The summed E-state index contributed by atoms with van der Waals surface area (Å²) >= 11 is 0. The molecule has 294 valence electrons. The lowest BCUT2D eigenvalue weighted by Crippen LogP contribution is -2.59. The van der Waals surface area contributed by atoms with E-state index in [1.165, 1.54) is 11.0 Å². The van der Waals surface area contributed by atoms with Crippen LogP contribution in [0.25, 0.3) is 17.1 Å². The number of amides is 5. The maximum atomic E-state index is 14.8. The number of ether oxygens (including phenoxy) is 2. The van der Waals surface area contributed by atoms with Crippen molar-refractivity contribution in [3.8, 4) is 5.88 Å². The number of aromatic nitrogens is 2. The summed E-state index contributed by atoms with van der Waals surface area (Å²) in [5.74, 6) is -2.14. The molecule has 8 rings (SSSR count). The monoisotopic (exact) mass is 775 g/mol. The minimum absolute atomic E-state index is 0.0195. The molecule has 3 aliphatic carbocycles. The fraction of sp³-hybridized carbons (Fsp3) is 0.590. The van der Waals surface area contributed by atoms with E-state index >= 15 is 0 Å². The van der Waals surface area contributed by atoms with Gasteiger partial charge in [0.15, 0.2) is 0 Å². The molecule has 3 N–H and O–H groups in total. The minimum atomic E-state index is -3.89. The van der Waals surface area contributed by atoms with Crippen molar-refractivity contribution >= 4 is 50.9 Å². The van der Waals surface area contributed by atoms with Gasteiger partial charge in [0.1, 0.15) is 23.7 Å². The van der Waals surface area contributed by atoms with Crippen molar-refractivity contribution in [2.45, 2.75) is 106 Å². The van der Waals surface area contributed by atoms with Crippen molar-refractivity contribution in [1.29, 1.82) is 0 Å². The standard InChI is InChI=1S/C39H49N7O8S/c1-2-26-21-39(26,37(49)44-55(51,52)29-13-14-29)43-34(47)32-20-28-23-46(32)36(48)33(24-9-5-6-10-24)42-38(50)45-17-15-27(22-45)53-18-7-3-4-11-25-19-31-30(12-8-16-40-31)41-35(25)54-28/h2,4,8,11-12,16,19,24,26-29,32-33H,1,3,5-7,9-10,13-15,17-18,20-23H2,(H,42,50)(H,43,47)(H,44,49)/b11-4+/t26?,27-,28+,32-,33-,39+/m0/s1. The second-order valence-corrected chi connectivity index (χ2v) is 17.8. The van der Waals surface area contributed by atoms with E-state index in [0.717, 1.165) is 38.5 Å². The molecular weight excluding hydrogens is 727 g/mol. The number of pyridine rings is 2. The summed E-state index contributed by atoms with van der Waals surface area (Å²) in [6.07, 6.45) is 13.1. The topological polar surface area (TPSA) is 189 Å². The molecule has 6 aliphatic rings. The first kappa shape index (κ1) is 37.4.